The number of nitrogens with zero attached hydrogens (tertiary/aromatic N) is 1. The van der Waals surface area contributed by atoms with Gasteiger partial charge in [-0.2, -0.15) is 0 Å². The highest BCUT2D eigenvalue weighted by molar-refractivity contribution is 7.52. The first-order chi connectivity index (χ1) is 10.6. The van der Waals surface area contributed by atoms with E-state index in [0.29, 0.717) is 0 Å². The van der Waals surface area contributed by atoms with Gasteiger partial charge in [-0.1, -0.05) is 5.16 Å². The molecular formula is C13H34NO6PSi3. The summed E-state index contributed by atoms with van der Waals surface area (Å²) in [6.45, 7) is 17.9. The lowest BCUT2D eigenvalue weighted by molar-refractivity contribution is 0.135. The van der Waals surface area contributed by atoms with Gasteiger partial charge in [0.2, 0.25) is 0 Å². The first kappa shape index (κ1) is 24.2. The maximum Gasteiger partial charge on any atom is 0.455 e. The molecule has 0 amide bonds. The Kier molecular flexibility index (Phi) is 9.29. The van der Waals surface area contributed by atoms with Gasteiger partial charge in [-0.15, -0.1) is 0 Å². The second-order valence-corrected chi connectivity index (χ2v) is 23.9. The van der Waals surface area contributed by atoms with Crippen molar-refractivity contribution in [1.82, 2.24) is 0 Å². The summed E-state index contributed by atoms with van der Waals surface area (Å²) in [5, 5.41) is 3.74. The monoisotopic (exact) mass is 415 g/mol. The molecule has 0 aliphatic heterocycles. The highest BCUT2D eigenvalue weighted by atomic mass is 31.2. The zero-order valence-corrected chi connectivity index (χ0v) is 20.6. The van der Waals surface area contributed by atoms with Crippen molar-refractivity contribution < 1.29 is 26.8 Å². The molecule has 0 saturated heterocycles. The highest BCUT2D eigenvalue weighted by Gasteiger charge is 2.39. The average molecular weight is 416 g/mol. The minimum atomic E-state index is -3.66. The van der Waals surface area contributed by atoms with Crippen molar-refractivity contribution in [2.75, 3.05) is 13.7 Å². The molecule has 0 radical (unpaired) electrons. The summed E-state index contributed by atoms with van der Waals surface area (Å²) in [7, 11) is -8.28. The molecule has 0 aliphatic rings. The van der Waals surface area contributed by atoms with Gasteiger partial charge in [-0.25, -0.2) is 4.57 Å². The summed E-state index contributed by atoms with van der Waals surface area (Å²) in [5.41, 5.74) is 0. The lowest BCUT2D eigenvalue weighted by Gasteiger charge is -2.31. The van der Waals surface area contributed by atoms with Crippen LogP contribution < -0.4 is 0 Å². The van der Waals surface area contributed by atoms with Gasteiger partial charge in [0, 0.05) is 0 Å². The molecule has 0 aliphatic carbocycles. The Morgan fingerprint density at radius 2 is 1.38 bits per heavy atom. The van der Waals surface area contributed by atoms with Crippen molar-refractivity contribution in [2.45, 2.75) is 65.0 Å². The minimum Gasteiger partial charge on any atom is -0.407 e. The number of phosphoric acid groups is 1. The maximum absolute atomic E-state index is 13.1. The third-order valence-corrected chi connectivity index (χ3v) is 9.65. The molecule has 0 aromatic carbocycles. The first-order valence-corrected chi connectivity index (χ1v) is 19.6. The van der Waals surface area contributed by atoms with E-state index in [1.807, 2.05) is 39.3 Å². The third-order valence-electron chi connectivity index (χ3n) is 2.01. The fourth-order valence-corrected chi connectivity index (χ4v) is 9.24. The van der Waals surface area contributed by atoms with E-state index in [2.05, 4.69) is 24.8 Å². The highest BCUT2D eigenvalue weighted by Crippen LogP contribution is 2.54. The standard InChI is InChI=1S/C13H34NO6PSi3/c1-16-14-11-13(18-22(2,3)4)12-17-21(15,19-23(5,6)7)20-24(8,9)10/h11,13H,12H2,1-10H3/b14-11+/t13-/m1/s1. The zero-order chi connectivity index (χ0) is 19.2. The molecule has 7 nitrogen and oxygen atoms in total. The SMILES string of the molecule is CO/N=C/[C@H](COP(=O)(O[Si](C)(C)C)O[Si](C)(C)C)O[Si](C)(C)C. The van der Waals surface area contributed by atoms with E-state index in [-0.39, 0.29) is 6.61 Å². The average Bonchev–Trinajstić information content (AvgIpc) is 2.26. The van der Waals surface area contributed by atoms with Crippen LogP contribution >= 0.6 is 7.82 Å². The summed E-state index contributed by atoms with van der Waals surface area (Å²) in [4.78, 5) is 4.71. The van der Waals surface area contributed by atoms with Crippen molar-refractivity contribution in [2.24, 2.45) is 5.16 Å². The van der Waals surface area contributed by atoms with Crippen LogP contribution in [0.1, 0.15) is 0 Å². The number of hydrogen-bond acceptors (Lipinski definition) is 7. The van der Waals surface area contributed by atoms with Crippen molar-refractivity contribution in [3.8, 4) is 0 Å². The van der Waals surface area contributed by atoms with E-state index in [9.17, 15) is 4.57 Å². The second-order valence-electron chi connectivity index (χ2n) is 8.36. The van der Waals surface area contributed by atoms with Gasteiger partial charge in [-0.3, -0.25) is 4.52 Å². The Morgan fingerprint density at radius 3 is 1.71 bits per heavy atom. The molecule has 24 heavy (non-hydrogen) atoms. The molecule has 0 saturated carbocycles. The van der Waals surface area contributed by atoms with E-state index in [4.69, 9.17) is 22.2 Å². The van der Waals surface area contributed by atoms with Gasteiger partial charge in [0.1, 0.15) is 13.2 Å². The maximum atomic E-state index is 13.1. The molecule has 0 unspecified atom stereocenters. The van der Waals surface area contributed by atoms with Gasteiger partial charge < -0.3 is 17.7 Å². The topological polar surface area (TPSA) is 75.6 Å². The van der Waals surface area contributed by atoms with E-state index in [1.165, 1.54) is 13.3 Å². The quantitative estimate of drug-likeness (QED) is 0.211. The number of oxime groups is 1. The Hall–Kier alpha value is 0.191. The van der Waals surface area contributed by atoms with Gasteiger partial charge in [0.15, 0.2) is 25.0 Å². The van der Waals surface area contributed by atoms with Crippen LogP contribution in [-0.2, 0) is 26.8 Å². The van der Waals surface area contributed by atoms with Crippen molar-refractivity contribution in [3.05, 3.63) is 0 Å². The molecule has 0 bridgehead atoms. The summed E-state index contributed by atoms with van der Waals surface area (Å²) in [5.74, 6) is 0. The molecule has 144 valence electrons. The van der Waals surface area contributed by atoms with Crippen LogP contribution in [0.4, 0.5) is 0 Å². The van der Waals surface area contributed by atoms with E-state index in [0.717, 1.165) is 0 Å². The summed E-state index contributed by atoms with van der Waals surface area (Å²) >= 11 is 0. The fourth-order valence-electron chi connectivity index (χ4n) is 1.60. The predicted octanol–water partition coefficient (Wildman–Crippen LogP) is 4.67. The zero-order valence-electron chi connectivity index (χ0n) is 16.7. The Balaban J connectivity index is 5.17. The van der Waals surface area contributed by atoms with E-state index >= 15 is 0 Å². The molecular weight excluding hydrogens is 381 g/mol. The fraction of sp³-hybridized carbons (Fsp3) is 0.923. The van der Waals surface area contributed by atoms with Gasteiger partial charge in [0.05, 0.1) is 12.8 Å². The van der Waals surface area contributed by atoms with E-state index < -0.39 is 38.9 Å². The number of rotatable bonds is 11. The molecule has 0 aromatic heterocycles. The molecule has 0 fully saturated rings. The largest absolute Gasteiger partial charge is 0.455 e. The van der Waals surface area contributed by atoms with Crippen LogP contribution in [0.5, 0.6) is 0 Å². The normalized spacial score (nSPS) is 15.8. The first-order valence-electron chi connectivity index (χ1n) is 7.96. The Bertz CT molecular complexity index is 436. The second kappa shape index (κ2) is 9.22. The smallest absolute Gasteiger partial charge is 0.407 e. The van der Waals surface area contributed by atoms with Crippen molar-refractivity contribution >= 4 is 39.0 Å². The third kappa shape index (κ3) is 13.5. The molecule has 0 heterocycles. The summed E-state index contributed by atoms with van der Waals surface area (Å²) < 4.78 is 36.2. The molecule has 0 aromatic rings. The lowest BCUT2D eigenvalue weighted by Crippen LogP contribution is -2.36. The molecule has 11 heteroatoms. The van der Waals surface area contributed by atoms with Crippen LogP contribution in [-0.4, -0.2) is 51.0 Å². The van der Waals surface area contributed by atoms with Gasteiger partial charge >= 0.3 is 7.82 Å². The Labute approximate surface area is 150 Å². The predicted molar refractivity (Wildman–Crippen MR) is 106 cm³/mol. The molecule has 0 spiro atoms. The van der Waals surface area contributed by atoms with Crippen molar-refractivity contribution in [3.63, 3.8) is 0 Å². The molecule has 1 atom stereocenters. The van der Waals surface area contributed by atoms with Crippen molar-refractivity contribution in [1.29, 1.82) is 0 Å². The number of hydrogen-bond donors (Lipinski definition) is 0. The van der Waals surface area contributed by atoms with Crippen LogP contribution in [0.3, 0.4) is 0 Å². The van der Waals surface area contributed by atoms with Crippen LogP contribution in [0, 0.1) is 0 Å². The van der Waals surface area contributed by atoms with Gasteiger partial charge in [0.25, 0.3) is 0 Å². The summed E-state index contributed by atoms with van der Waals surface area (Å²) in [6, 6.07) is 0. The summed E-state index contributed by atoms with van der Waals surface area (Å²) in [6.07, 6.45) is 1.03. The lowest BCUT2D eigenvalue weighted by atomic mass is 10.4. The Morgan fingerprint density at radius 1 is 0.917 bits per heavy atom. The van der Waals surface area contributed by atoms with Crippen LogP contribution in [0.15, 0.2) is 5.16 Å². The van der Waals surface area contributed by atoms with Gasteiger partial charge in [-0.05, 0) is 58.9 Å². The van der Waals surface area contributed by atoms with Crippen LogP contribution in [0.25, 0.3) is 0 Å². The molecule has 0 rings (SSSR count). The van der Waals surface area contributed by atoms with E-state index in [1.54, 1.807) is 0 Å². The van der Waals surface area contributed by atoms with Crippen LogP contribution in [0.2, 0.25) is 58.9 Å². The minimum absolute atomic E-state index is 0.0311. The molecule has 0 N–H and O–H groups in total.